The Hall–Kier alpha value is -1.38. The standard InChI is InChI=1S/C12H18N2O/c1-10(2)8-12(15)14(3)9-11-6-4-5-7-13-11/h4-7,10H,8-9H2,1-3H3. The summed E-state index contributed by atoms with van der Waals surface area (Å²) in [6, 6.07) is 5.74. The number of hydrogen-bond donors (Lipinski definition) is 0. The number of carbonyl (C=O) groups is 1. The Morgan fingerprint density at radius 3 is 2.73 bits per heavy atom. The van der Waals surface area contributed by atoms with E-state index in [4.69, 9.17) is 0 Å². The summed E-state index contributed by atoms with van der Waals surface area (Å²) >= 11 is 0. The zero-order valence-electron chi connectivity index (χ0n) is 9.60. The van der Waals surface area contributed by atoms with Crippen molar-refractivity contribution in [2.75, 3.05) is 7.05 Å². The first kappa shape index (κ1) is 11.7. The molecule has 0 saturated carbocycles. The molecule has 82 valence electrons. The van der Waals surface area contributed by atoms with Gasteiger partial charge in [-0.1, -0.05) is 19.9 Å². The van der Waals surface area contributed by atoms with E-state index >= 15 is 0 Å². The van der Waals surface area contributed by atoms with Gasteiger partial charge in [0, 0.05) is 19.7 Å². The molecule has 3 heteroatoms. The van der Waals surface area contributed by atoms with Crippen molar-refractivity contribution < 1.29 is 4.79 Å². The van der Waals surface area contributed by atoms with Crippen LogP contribution in [0.5, 0.6) is 0 Å². The molecule has 3 nitrogen and oxygen atoms in total. The summed E-state index contributed by atoms with van der Waals surface area (Å²) in [5.74, 6) is 0.583. The lowest BCUT2D eigenvalue weighted by Crippen LogP contribution is -2.27. The van der Waals surface area contributed by atoms with Gasteiger partial charge in [-0.05, 0) is 18.1 Å². The molecule has 0 saturated heterocycles. The molecule has 1 amide bonds. The van der Waals surface area contributed by atoms with E-state index in [0.717, 1.165) is 5.69 Å². The number of aromatic nitrogens is 1. The van der Waals surface area contributed by atoms with Gasteiger partial charge in [-0.3, -0.25) is 9.78 Å². The molecule has 0 spiro atoms. The molecule has 1 aromatic heterocycles. The maximum Gasteiger partial charge on any atom is 0.222 e. The van der Waals surface area contributed by atoms with Crippen molar-refractivity contribution in [3.63, 3.8) is 0 Å². The summed E-state index contributed by atoms with van der Waals surface area (Å²) in [5, 5.41) is 0. The van der Waals surface area contributed by atoms with Gasteiger partial charge in [0.2, 0.25) is 5.91 Å². The highest BCUT2D eigenvalue weighted by Crippen LogP contribution is 2.05. The molecule has 0 aromatic carbocycles. The number of amides is 1. The Balaban J connectivity index is 2.49. The Morgan fingerprint density at radius 1 is 1.47 bits per heavy atom. The van der Waals surface area contributed by atoms with Crippen molar-refractivity contribution in [3.8, 4) is 0 Å². The average Bonchev–Trinajstić information content (AvgIpc) is 2.18. The molecule has 0 aliphatic rings. The molecule has 0 N–H and O–H groups in total. The molecule has 15 heavy (non-hydrogen) atoms. The fourth-order valence-corrected chi connectivity index (χ4v) is 1.33. The van der Waals surface area contributed by atoms with Crippen molar-refractivity contribution in [3.05, 3.63) is 30.1 Å². The highest BCUT2D eigenvalue weighted by molar-refractivity contribution is 5.75. The molecule has 1 rings (SSSR count). The number of nitrogens with zero attached hydrogens (tertiary/aromatic N) is 2. The number of rotatable bonds is 4. The third kappa shape index (κ3) is 4.11. The monoisotopic (exact) mass is 206 g/mol. The van der Waals surface area contributed by atoms with Crippen LogP contribution >= 0.6 is 0 Å². The fraction of sp³-hybridized carbons (Fsp3) is 0.500. The summed E-state index contributed by atoms with van der Waals surface area (Å²) in [6.45, 7) is 4.69. The summed E-state index contributed by atoms with van der Waals surface area (Å²) in [5.41, 5.74) is 0.928. The van der Waals surface area contributed by atoms with Crippen molar-refractivity contribution in [1.82, 2.24) is 9.88 Å². The second kappa shape index (κ2) is 5.49. The summed E-state index contributed by atoms with van der Waals surface area (Å²) in [7, 11) is 1.82. The zero-order valence-corrected chi connectivity index (χ0v) is 9.60. The molecule has 1 aromatic rings. The van der Waals surface area contributed by atoms with Gasteiger partial charge >= 0.3 is 0 Å². The molecule has 0 aliphatic carbocycles. The third-order valence-corrected chi connectivity index (χ3v) is 2.13. The average molecular weight is 206 g/mol. The van der Waals surface area contributed by atoms with E-state index < -0.39 is 0 Å². The van der Waals surface area contributed by atoms with Gasteiger partial charge < -0.3 is 4.90 Å². The minimum Gasteiger partial charge on any atom is -0.340 e. The molecule has 0 aliphatic heterocycles. The minimum absolute atomic E-state index is 0.177. The van der Waals surface area contributed by atoms with Crippen LogP contribution in [0.4, 0.5) is 0 Å². The first-order chi connectivity index (χ1) is 7.09. The molecule has 0 atom stereocenters. The van der Waals surface area contributed by atoms with Gasteiger partial charge in [0.25, 0.3) is 0 Å². The lowest BCUT2D eigenvalue weighted by atomic mass is 10.1. The van der Waals surface area contributed by atoms with Gasteiger partial charge in [0.1, 0.15) is 0 Å². The van der Waals surface area contributed by atoms with E-state index in [0.29, 0.717) is 18.9 Å². The van der Waals surface area contributed by atoms with Crippen LogP contribution in [0.25, 0.3) is 0 Å². The van der Waals surface area contributed by atoms with Crippen molar-refractivity contribution >= 4 is 5.91 Å². The minimum atomic E-state index is 0.177. The van der Waals surface area contributed by atoms with Crippen LogP contribution in [0, 0.1) is 5.92 Å². The molecular weight excluding hydrogens is 188 g/mol. The van der Waals surface area contributed by atoms with Crippen LogP contribution in [-0.4, -0.2) is 22.8 Å². The number of carbonyl (C=O) groups excluding carboxylic acids is 1. The maximum atomic E-state index is 11.7. The van der Waals surface area contributed by atoms with Crippen LogP contribution in [0.2, 0.25) is 0 Å². The van der Waals surface area contributed by atoms with Crippen LogP contribution in [0.1, 0.15) is 26.0 Å². The lowest BCUT2D eigenvalue weighted by molar-refractivity contribution is -0.131. The highest BCUT2D eigenvalue weighted by Gasteiger charge is 2.10. The molecule has 0 fully saturated rings. The summed E-state index contributed by atoms with van der Waals surface area (Å²) in [4.78, 5) is 17.6. The van der Waals surface area contributed by atoms with Gasteiger partial charge in [-0.15, -0.1) is 0 Å². The van der Waals surface area contributed by atoms with Gasteiger partial charge in [-0.25, -0.2) is 0 Å². The molecule has 1 heterocycles. The van der Waals surface area contributed by atoms with Crippen LogP contribution in [0.15, 0.2) is 24.4 Å². The SMILES string of the molecule is CC(C)CC(=O)N(C)Cc1ccccn1. The maximum absolute atomic E-state index is 11.7. The first-order valence-electron chi connectivity index (χ1n) is 5.23. The van der Waals surface area contributed by atoms with Crippen molar-refractivity contribution in [2.24, 2.45) is 5.92 Å². The summed E-state index contributed by atoms with van der Waals surface area (Å²) < 4.78 is 0. The van der Waals surface area contributed by atoms with E-state index in [1.165, 1.54) is 0 Å². The van der Waals surface area contributed by atoms with Crippen LogP contribution in [0.3, 0.4) is 0 Å². The van der Waals surface area contributed by atoms with Crippen molar-refractivity contribution in [2.45, 2.75) is 26.8 Å². The molecule has 0 radical (unpaired) electrons. The van der Waals surface area contributed by atoms with E-state index in [1.54, 1.807) is 11.1 Å². The van der Waals surface area contributed by atoms with Crippen LogP contribution in [-0.2, 0) is 11.3 Å². The van der Waals surface area contributed by atoms with Crippen molar-refractivity contribution in [1.29, 1.82) is 0 Å². The predicted molar refractivity (Wildman–Crippen MR) is 60.2 cm³/mol. The molecule has 0 bridgehead atoms. The topological polar surface area (TPSA) is 33.2 Å². The van der Waals surface area contributed by atoms with E-state index in [-0.39, 0.29) is 5.91 Å². The zero-order chi connectivity index (χ0) is 11.3. The number of hydrogen-bond acceptors (Lipinski definition) is 2. The van der Waals surface area contributed by atoms with E-state index in [9.17, 15) is 4.79 Å². The van der Waals surface area contributed by atoms with E-state index in [1.807, 2.05) is 39.1 Å². The summed E-state index contributed by atoms with van der Waals surface area (Å²) in [6.07, 6.45) is 2.35. The Morgan fingerprint density at radius 2 is 2.20 bits per heavy atom. The van der Waals surface area contributed by atoms with E-state index in [2.05, 4.69) is 4.98 Å². The Bertz CT molecular complexity index is 309. The predicted octanol–water partition coefficient (Wildman–Crippen LogP) is 2.09. The molecular formula is C12H18N2O. The molecule has 0 unspecified atom stereocenters. The van der Waals surface area contributed by atoms with Gasteiger partial charge in [0.15, 0.2) is 0 Å². The highest BCUT2D eigenvalue weighted by atomic mass is 16.2. The largest absolute Gasteiger partial charge is 0.340 e. The van der Waals surface area contributed by atoms with Gasteiger partial charge in [0.05, 0.1) is 12.2 Å². The number of pyridine rings is 1. The normalized spacial score (nSPS) is 10.4. The van der Waals surface area contributed by atoms with Gasteiger partial charge in [-0.2, -0.15) is 0 Å². The second-order valence-corrected chi connectivity index (χ2v) is 4.17. The fourth-order valence-electron chi connectivity index (χ4n) is 1.33. The lowest BCUT2D eigenvalue weighted by Gasteiger charge is -2.17. The third-order valence-electron chi connectivity index (χ3n) is 2.13. The Labute approximate surface area is 91.1 Å². The second-order valence-electron chi connectivity index (χ2n) is 4.17. The van der Waals surface area contributed by atoms with Crippen LogP contribution < -0.4 is 0 Å². The smallest absolute Gasteiger partial charge is 0.222 e. The first-order valence-corrected chi connectivity index (χ1v) is 5.23. The Kier molecular flexibility index (Phi) is 4.28. The quantitative estimate of drug-likeness (QED) is 0.755.